The van der Waals surface area contributed by atoms with Crippen LogP contribution < -0.4 is 4.74 Å². The van der Waals surface area contributed by atoms with Gasteiger partial charge in [0, 0.05) is 24.8 Å². The van der Waals surface area contributed by atoms with Crippen LogP contribution in [-0.4, -0.2) is 43.0 Å². The van der Waals surface area contributed by atoms with E-state index in [1.807, 2.05) is 57.3 Å². The van der Waals surface area contributed by atoms with Crippen LogP contribution in [-0.2, 0) is 20.5 Å². The van der Waals surface area contributed by atoms with Gasteiger partial charge in [0.2, 0.25) is 0 Å². The lowest BCUT2D eigenvalue weighted by atomic mass is 9.97. The molecule has 0 fully saturated rings. The fraction of sp³-hybridized carbons (Fsp3) is 0.486. The molecule has 42 heavy (non-hydrogen) atoms. The van der Waals surface area contributed by atoms with E-state index in [1.54, 1.807) is 6.20 Å². The highest BCUT2D eigenvalue weighted by molar-refractivity contribution is 6.74. The second kappa shape index (κ2) is 14.4. The molecular formula is C35H50N2O4Si. The Morgan fingerprint density at radius 3 is 2.10 bits per heavy atom. The van der Waals surface area contributed by atoms with Crippen molar-refractivity contribution in [2.75, 3.05) is 13.2 Å². The molecule has 0 bridgehead atoms. The normalized spacial score (nSPS) is 14.0. The lowest BCUT2D eigenvalue weighted by molar-refractivity contribution is -0.156. The average Bonchev–Trinajstić information content (AvgIpc) is 2.92. The molecule has 7 heteroatoms. The maximum Gasteiger partial charge on any atom is 0.308 e. The first-order valence-corrected chi connectivity index (χ1v) is 17.9. The number of aromatic nitrogens is 1. The number of esters is 1. The Balaban J connectivity index is 1.93. The highest BCUT2D eigenvalue weighted by Crippen LogP contribution is 2.37. The molecule has 0 aliphatic rings. The summed E-state index contributed by atoms with van der Waals surface area (Å²) in [5, 5.41) is 0.140. The summed E-state index contributed by atoms with van der Waals surface area (Å²) < 4.78 is 18.2. The second-order valence-corrected chi connectivity index (χ2v) is 18.3. The largest absolute Gasteiger partial charge is 0.490 e. The third-order valence-corrected chi connectivity index (χ3v) is 12.4. The molecule has 0 saturated heterocycles. The van der Waals surface area contributed by atoms with Crippen molar-refractivity contribution >= 4 is 14.3 Å². The molecule has 0 radical (unpaired) electrons. The standard InChI is InChI=1S/C35H50N2O4Si/c1-27(29-18-14-11-15-19-29)37(26-28-16-12-10-13-17-28)32(23-33(38)41-34(2,3)4)30-22-31(25-36-24-30)39-20-21-40-42(8,9)35(5,6)7/h10-19,22,24-25,27,32H,20-21,23,26H2,1-9H3/t27-,32+/m1/s1. The highest BCUT2D eigenvalue weighted by Gasteiger charge is 2.37. The van der Waals surface area contributed by atoms with Gasteiger partial charge in [0.05, 0.1) is 19.2 Å². The van der Waals surface area contributed by atoms with Gasteiger partial charge < -0.3 is 13.9 Å². The number of hydrogen-bond acceptors (Lipinski definition) is 6. The van der Waals surface area contributed by atoms with Crippen molar-refractivity contribution in [1.82, 2.24) is 9.88 Å². The van der Waals surface area contributed by atoms with Crippen LogP contribution in [0.15, 0.2) is 79.1 Å². The van der Waals surface area contributed by atoms with Crippen molar-refractivity contribution in [2.45, 2.75) is 97.2 Å². The topological polar surface area (TPSA) is 60.9 Å². The Labute approximate surface area is 254 Å². The predicted molar refractivity (Wildman–Crippen MR) is 173 cm³/mol. The summed E-state index contributed by atoms with van der Waals surface area (Å²) in [4.78, 5) is 20.2. The van der Waals surface area contributed by atoms with Crippen molar-refractivity contribution in [3.8, 4) is 5.75 Å². The zero-order chi connectivity index (χ0) is 31.0. The van der Waals surface area contributed by atoms with E-state index < -0.39 is 13.9 Å². The van der Waals surface area contributed by atoms with E-state index >= 15 is 0 Å². The van der Waals surface area contributed by atoms with Crippen LogP contribution in [0, 0.1) is 0 Å². The van der Waals surface area contributed by atoms with E-state index in [9.17, 15) is 4.79 Å². The summed E-state index contributed by atoms with van der Waals surface area (Å²) in [6, 6.07) is 22.5. The molecule has 0 aliphatic heterocycles. The molecule has 228 valence electrons. The molecule has 0 unspecified atom stereocenters. The monoisotopic (exact) mass is 590 g/mol. The minimum absolute atomic E-state index is 0.0152. The first-order chi connectivity index (χ1) is 19.7. The lowest BCUT2D eigenvalue weighted by Crippen LogP contribution is -2.41. The molecule has 3 aromatic rings. The van der Waals surface area contributed by atoms with Crippen molar-refractivity contribution in [2.24, 2.45) is 0 Å². The molecule has 6 nitrogen and oxygen atoms in total. The number of carbonyl (C=O) groups excluding carboxylic acids is 1. The summed E-state index contributed by atoms with van der Waals surface area (Å²) >= 11 is 0. The van der Waals surface area contributed by atoms with Gasteiger partial charge >= 0.3 is 5.97 Å². The van der Waals surface area contributed by atoms with Gasteiger partial charge in [-0.05, 0) is 68.6 Å². The molecule has 2 aromatic carbocycles. The molecule has 0 aliphatic carbocycles. The quantitative estimate of drug-likeness (QED) is 0.113. The zero-order valence-electron chi connectivity index (χ0n) is 27.0. The van der Waals surface area contributed by atoms with Gasteiger partial charge in [-0.15, -0.1) is 0 Å². The molecule has 1 aromatic heterocycles. The van der Waals surface area contributed by atoms with E-state index in [4.69, 9.17) is 13.9 Å². The summed E-state index contributed by atoms with van der Waals surface area (Å²) in [6.07, 6.45) is 3.74. The van der Waals surface area contributed by atoms with Crippen molar-refractivity contribution in [1.29, 1.82) is 0 Å². The van der Waals surface area contributed by atoms with Crippen molar-refractivity contribution < 1.29 is 18.7 Å². The van der Waals surface area contributed by atoms with Crippen LogP contribution >= 0.6 is 0 Å². The Kier molecular flexibility index (Phi) is 11.5. The first-order valence-electron chi connectivity index (χ1n) is 14.9. The average molecular weight is 591 g/mol. The number of benzene rings is 2. The number of carbonyl (C=O) groups is 1. The molecular weight excluding hydrogens is 540 g/mol. The van der Waals surface area contributed by atoms with Crippen LogP contribution in [0.1, 0.15) is 83.7 Å². The number of rotatable bonds is 13. The van der Waals surface area contributed by atoms with Gasteiger partial charge in [0.25, 0.3) is 0 Å². The third kappa shape index (κ3) is 10.1. The van der Waals surface area contributed by atoms with Gasteiger partial charge in [-0.3, -0.25) is 14.7 Å². The summed E-state index contributed by atoms with van der Waals surface area (Å²) in [5.41, 5.74) is 2.66. The minimum Gasteiger partial charge on any atom is -0.490 e. The fourth-order valence-electron chi connectivity index (χ4n) is 4.57. The number of ether oxygens (including phenoxy) is 2. The molecule has 1 heterocycles. The number of pyridine rings is 1. The zero-order valence-corrected chi connectivity index (χ0v) is 28.0. The van der Waals surface area contributed by atoms with Crippen LogP contribution in [0.3, 0.4) is 0 Å². The van der Waals surface area contributed by atoms with Gasteiger partial charge in [0.15, 0.2) is 8.32 Å². The van der Waals surface area contributed by atoms with Crippen LogP contribution in [0.25, 0.3) is 0 Å². The van der Waals surface area contributed by atoms with Crippen LogP contribution in [0.4, 0.5) is 0 Å². The summed E-state index contributed by atoms with van der Waals surface area (Å²) in [7, 11) is -1.86. The molecule has 0 amide bonds. The molecule has 0 spiro atoms. The maximum atomic E-state index is 13.3. The van der Waals surface area contributed by atoms with E-state index in [0.717, 1.165) is 11.1 Å². The maximum absolute atomic E-state index is 13.3. The van der Waals surface area contributed by atoms with Gasteiger partial charge in [0.1, 0.15) is 18.0 Å². The minimum atomic E-state index is -1.86. The van der Waals surface area contributed by atoms with E-state index in [1.165, 1.54) is 5.56 Å². The smallest absolute Gasteiger partial charge is 0.308 e. The lowest BCUT2D eigenvalue weighted by Gasteiger charge is -2.37. The molecule has 0 N–H and O–H groups in total. The Bertz CT molecular complexity index is 1250. The third-order valence-electron chi connectivity index (χ3n) is 7.91. The van der Waals surface area contributed by atoms with E-state index in [0.29, 0.717) is 25.5 Å². The number of hydrogen-bond donors (Lipinski definition) is 0. The highest BCUT2D eigenvalue weighted by atomic mass is 28.4. The molecule has 2 atom stereocenters. The summed E-state index contributed by atoms with van der Waals surface area (Å²) in [6.45, 7) is 20.7. The van der Waals surface area contributed by atoms with Gasteiger partial charge in [-0.1, -0.05) is 81.4 Å². The number of nitrogens with zero attached hydrogens (tertiary/aromatic N) is 2. The first kappa shape index (κ1) is 33.5. The summed E-state index contributed by atoms with van der Waals surface area (Å²) in [5.74, 6) is 0.410. The van der Waals surface area contributed by atoms with Crippen LogP contribution in [0.5, 0.6) is 5.75 Å². The SMILES string of the molecule is C[C@H](c1ccccc1)N(Cc1ccccc1)[C@@H](CC(=O)OC(C)(C)C)c1cncc(OCCO[Si](C)(C)C(C)(C)C)c1. The molecule has 0 saturated carbocycles. The van der Waals surface area contributed by atoms with Crippen molar-refractivity contribution in [3.05, 3.63) is 95.8 Å². The van der Waals surface area contributed by atoms with E-state index in [2.05, 4.69) is 87.1 Å². The van der Waals surface area contributed by atoms with Crippen LogP contribution in [0.2, 0.25) is 18.1 Å². The molecule has 3 rings (SSSR count). The Hall–Kier alpha value is -3.00. The van der Waals surface area contributed by atoms with Gasteiger partial charge in [-0.25, -0.2) is 0 Å². The predicted octanol–water partition coefficient (Wildman–Crippen LogP) is 8.52. The second-order valence-electron chi connectivity index (χ2n) is 13.5. The van der Waals surface area contributed by atoms with E-state index in [-0.39, 0.29) is 29.5 Å². The Morgan fingerprint density at radius 2 is 1.50 bits per heavy atom. The van der Waals surface area contributed by atoms with Gasteiger partial charge in [-0.2, -0.15) is 0 Å². The Morgan fingerprint density at radius 1 is 0.881 bits per heavy atom. The van der Waals surface area contributed by atoms with Crippen molar-refractivity contribution in [3.63, 3.8) is 0 Å². The fourth-order valence-corrected chi connectivity index (χ4v) is 5.60.